The smallest absolute Gasteiger partial charge is 0.352 e. The number of hydrogen-bond donors (Lipinski definition) is 2. The lowest BCUT2D eigenvalue weighted by molar-refractivity contribution is -0.141. The molecule has 0 saturated heterocycles. The van der Waals surface area contributed by atoms with Crippen molar-refractivity contribution in [2.24, 2.45) is 0 Å². The standard InChI is InChI=1S/C19H18F2N4O/c1-9(2)25-15-6-12-11-5-3-4-10-8-22-24-16(10)17(11)23-14(12)7-13(15)19(20,21)18(25)26/h6-9,23H,3-5H2,1-2H3,(H,22,24). The maximum absolute atomic E-state index is 14.6. The highest BCUT2D eigenvalue weighted by atomic mass is 19.3. The number of hydrogen-bond acceptors (Lipinski definition) is 2. The Kier molecular flexibility index (Phi) is 2.95. The molecule has 0 atom stereocenters. The quantitative estimate of drug-likeness (QED) is 0.695. The summed E-state index contributed by atoms with van der Waals surface area (Å²) in [5.41, 5.74) is 4.69. The summed E-state index contributed by atoms with van der Waals surface area (Å²) >= 11 is 0. The Morgan fingerprint density at radius 1 is 1.27 bits per heavy atom. The summed E-state index contributed by atoms with van der Waals surface area (Å²) in [5.74, 6) is -4.64. The van der Waals surface area contributed by atoms with Gasteiger partial charge in [0, 0.05) is 23.1 Å². The molecule has 0 saturated carbocycles. The van der Waals surface area contributed by atoms with E-state index >= 15 is 0 Å². The van der Waals surface area contributed by atoms with E-state index in [1.165, 1.54) is 11.0 Å². The highest BCUT2D eigenvalue weighted by Crippen LogP contribution is 2.48. The van der Waals surface area contributed by atoms with Gasteiger partial charge in [0.1, 0.15) is 5.69 Å². The van der Waals surface area contributed by atoms with Gasteiger partial charge in [-0.15, -0.1) is 0 Å². The largest absolute Gasteiger partial charge is 0.353 e. The number of rotatable bonds is 1. The molecule has 1 amide bonds. The van der Waals surface area contributed by atoms with Crippen LogP contribution in [0.2, 0.25) is 0 Å². The van der Waals surface area contributed by atoms with Crippen molar-refractivity contribution in [3.63, 3.8) is 0 Å². The van der Waals surface area contributed by atoms with Gasteiger partial charge in [0.2, 0.25) is 0 Å². The molecule has 5 rings (SSSR count). The van der Waals surface area contributed by atoms with Gasteiger partial charge in [0.05, 0.1) is 16.9 Å². The molecule has 0 fully saturated rings. The normalized spacial score (nSPS) is 18.2. The topological polar surface area (TPSA) is 64.8 Å². The van der Waals surface area contributed by atoms with Crippen LogP contribution < -0.4 is 4.90 Å². The predicted molar refractivity (Wildman–Crippen MR) is 94.4 cm³/mol. The second-order valence-corrected chi connectivity index (χ2v) is 7.35. The Hall–Kier alpha value is -2.70. The zero-order chi connectivity index (χ0) is 18.2. The molecule has 26 heavy (non-hydrogen) atoms. The molecule has 0 radical (unpaired) electrons. The SMILES string of the molecule is CC(C)N1C(=O)C(F)(F)c2cc3[nH]c4c(c3cc21)CCCc1c[nH]nc1-4. The van der Waals surface area contributed by atoms with Crippen LogP contribution >= 0.6 is 0 Å². The van der Waals surface area contributed by atoms with Gasteiger partial charge in [-0.2, -0.15) is 13.9 Å². The van der Waals surface area contributed by atoms with Gasteiger partial charge >= 0.3 is 11.8 Å². The molecular formula is C19H18F2N4O. The van der Waals surface area contributed by atoms with Crippen LogP contribution in [0.15, 0.2) is 18.3 Å². The molecule has 5 nitrogen and oxygen atoms in total. The number of aryl methyl sites for hydroxylation is 2. The fourth-order valence-corrected chi connectivity index (χ4v) is 4.26. The maximum Gasteiger partial charge on any atom is 0.352 e. The summed E-state index contributed by atoms with van der Waals surface area (Å²) in [6.45, 7) is 3.50. The Morgan fingerprint density at radius 3 is 2.85 bits per heavy atom. The lowest BCUT2D eigenvalue weighted by Gasteiger charge is -2.21. The van der Waals surface area contributed by atoms with E-state index in [1.807, 2.05) is 6.20 Å². The predicted octanol–water partition coefficient (Wildman–Crippen LogP) is 3.89. The number of aromatic nitrogens is 3. The third-order valence-corrected chi connectivity index (χ3v) is 5.45. The van der Waals surface area contributed by atoms with Crippen molar-refractivity contribution in [3.05, 3.63) is 35.0 Å². The van der Waals surface area contributed by atoms with Crippen LogP contribution in [0.1, 0.15) is 37.0 Å². The number of carbonyl (C=O) groups is 1. The molecule has 134 valence electrons. The molecule has 1 aromatic carbocycles. The van der Waals surface area contributed by atoms with Crippen LogP contribution in [-0.2, 0) is 23.6 Å². The summed E-state index contributed by atoms with van der Waals surface area (Å²) in [7, 11) is 0. The van der Waals surface area contributed by atoms with Crippen LogP contribution in [0, 0.1) is 0 Å². The fourth-order valence-electron chi connectivity index (χ4n) is 4.26. The van der Waals surface area contributed by atoms with Gasteiger partial charge in [-0.3, -0.25) is 9.89 Å². The van der Waals surface area contributed by atoms with Gasteiger partial charge in [0.15, 0.2) is 0 Å². The molecule has 1 aliphatic carbocycles. The summed E-state index contributed by atoms with van der Waals surface area (Å²) in [6.07, 6.45) is 4.63. The van der Waals surface area contributed by atoms with Crippen molar-refractivity contribution < 1.29 is 13.6 Å². The average Bonchev–Trinajstić information content (AvgIpc) is 3.19. The minimum atomic E-state index is -3.49. The van der Waals surface area contributed by atoms with Crippen molar-refractivity contribution >= 4 is 22.5 Å². The molecular weight excluding hydrogens is 338 g/mol. The minimum absolute atomic E-state index is 0.220. The number of carbonyl (C=O) groups excluding carboxylic acids is 1. The number of benzene rings is 1. The van der Waals surface area contributed by atoms with Gasteiger partial charge in [-0.25, -0.2) is 0 Å². The summed E-state index contributed by atoms with van der Waals surface area (Å²) in [4.78, 5) is 16.7. The number of amides is 1. The Morgan fingerprint density at radius 2 is 2.08 bits per heavy atom. The number of alkyl halides is 2. The molecule has 3 heterocycles. The van der Waals surface area contributed by atoms with Crippen LogP contribution in [0.4, 0.5) is 14.5 Å². The number of H-pyrrole nitrogens is 2. The number of nitrogens with one attached hydrogen (secondary N) is 2. The lowest BCUT2D eigenvalue weighted by atomic mass is 10.0. The average molecular weight is 356 g/mol. The van der Waals surface area contributed by atoms with Crippen molar-refractivity contribution in [3.8, 4) is 11.4 Å². The first-order valence-corrected chi connectivity index (χ1v) is 8.83. The molecule has 0 spiro atoms. The fraction of sp³-hybridized carbons (Fsp3) is 0.368. The highest BCUT2D eigenvalue weighted by Gasteiger charge is 2.53. The van der Waals surface area contributed by atoms with E-state index in [0.29, 0.717) is 11.2 Å². The first-order valence-electron chi connectivity index (χ1n) is 8.83. The maximum atomic E-state index is 14.6. The third-order valence-electron chi connectivity index (χ3n) is 5.45. The number of aromatic amines is 2. The van der Waals surface area contributed by atoms with E-state index in [-0.39, 0.29) is 11.6 Å². The van der Waals surface area contributed by atoms with Gasteiger partial charge in [0.25, 0.3) is 0 Å². The number of halogens is 2. The zero-order valence-corrected chi connectivity index (χ0v) is 14.5. The van der Waals surface area contributed by atoms with Gasteiger partial charge in [-0.1, -0.05) is 0 Å². The van der Waals surface area contributed by atoms with E-state index in [0.717, 1.165) is 47.2 Å². The Labute approximate surface area is 148 Å². The van der Waals surface area contributed by atoms with Gasteiger partial charge < -0.3 is 9.88 Å². The van der Waals surface area contributed by atoms with Crippen molar-refractivity contribution in [1.29, 1.82) is 0 Å². The molecule has 2 aromatic heterocycles. The van der Waals surface area contributed by atoms with E-state index < -0.39 is 11.8 Å². The molecule has 0 unspecified atom stereocenters. The second-order valence-electron chi connectivity index (χ2n) is 7.35. The molecule has 2 N–H and O–H groups in total. The molecule has 0 bridgehead atoms. The number of fused-ring (bicyclic) bond motifs is 6. The number of anilines is 1. The molecule has 7 heteroatoms. The third kappa shape index (κ3) is 1.83. The van der Waals surface area contributed by atoms with Crippen molar-refractivity contribution in [2.75, 3.05) is 4.90 Å². The zero-order valence-electron chi connectivity index (χ0n) is 14.5. The van der Waals surface area contributed by atoms with Crippen LogP contribution in [0.5, 0.6) is 0 Å². The van der Waals surface area contributed by atoms with E-state index in [4.69, 9.17) is 0 Å². The number of nitrogens with zero attached hydrogens (tertiary/aromatic N) is 2. The first-order chi connectivity index (χ1) is 12.4. The molecule has 3 aromatic rings. The van der Waals surface area contributed by atoms with E-state index in [9.17, 15) is 13.6 Å². The summed E-state index contributed by atoms with van der Waals surface area (Å²) in [5, 5.41) is 8.14. The highest BCUT2D eigenvalue weighted by molar-refractivity contribution is 6.09. The second kappa shape index (κ2) is 4.93. The van der Waals surface area contributed by atoms with Gasteiger partial charge in [-0.05, 0) is 56.4 Å². The monoisotopic (exact) mass is 356 g/mol. The summed E-state index contributed by atoms with van der Waals surface area (Å²) < 4.78 is 29.2. The van der Waals surface area contributed by atoms with E-state index in [2.05, 4.69) is 15.2 Å². The molecule has 1 aliphatic heterocycles. The summed E-state index contributed by atoms with van der Waals surface area (Å²) in [6, 6.07) is 2.85. The van der Waals surface area contributed by atoms with Crippen LogP contribution in [-0.4, -0.2) is 27.1 Å². The Balaban J connectivity index is 1.80. The minimum Gasteiger partial charge on any atom is -0.353 e. The van der Waals surface area contributed by atoms with Crippen molar-refractivity contribution in [1.82, 2.24) is 15.2 Å². The van der Waals surface area contributed by atoms with Crippen molar-refractivity contribution in [2.45, 2.75) is 45.1 Å². The Bertz CT molecular complexity index is 1060. The first kappa shape index (κ1) is 15.5. The van der Waals surface area contributed by atoms with Crippen LogP contribution in [0.3, 0.4) is 0 Å². The van der Waals surface area contributed by atoms with Crippen LogP contribution in [0.25, 0.3) is 22.3 Å². The van der Waals surface area contributed by atoms with E-state index in [1.54, 1.807) is 19.9 Å². The lowest BCUT2D eigenvalue weighted by Crippen LogP contribution is -2.39. The molecule has 2 aliphatic rings.